The van der Waals surface area contributed by atoms with E-state index in [1.165, 1.54) is 0 Å². The fourth-order valence-electron chi connectivity index (χ4n) is 1.62. The van der Waals surface area contributed by atoms with Crippen molar-refractivity contribution in [3.8, 4) is 0 Å². The van der Waals surface area contributed by atoms with E-state index in [9.17, 15) is 18.4 Å². The lowest BCUT2D eigenvalue weighted by molar-refractivity contribution is -0.120. The Balaban J connectivity index is 2.91. The summed E-state index contributed by atoms with van der Waals surface area (Å²) in [5.41, 5.74) is 4.87. The lowest BCUT2D eigenvalue weighted by Gasteiger charge is -2.21. The van der Waals surface area contributed by atoms with Crippen LogP contribution in [0.15, 0.2) is 18.2 Å². The number of rotatable bonds is 5. The first-order valence-electron chi connectivity index (χ1n) is 5.92. The number of halogens is 2. The summed E-state index contributed by atoms with van der Waals surface area (Å²) in [4.78, 5) is 23.1. The van der Waals surface area contributed by atoms with Gasteiger partial charge in [-0.2, -0.15) is 0 Å². The Hall–Kier alpha value is -1.98. The van der Waals surface area contributed by atoms with E-state index in [2.05, 4.69) is 5.32 Å². The molecule has 6 heteroatoms. The molecule has 1 rings (SSSR count). The molecule has 0 radical (unpaired) electrons. The average molecular weight is 270 g/mol. The molecule has 104 valence electrons. The number of amides is 2. The van der Waals surface area contributed by atoms with Crippen LogP contribution >= 0.6 is 0 Å². The van der Waals surface area contributed by atoms with Gasteiger partial charge in [0.05, 0.1) is 5.56 Å². The summed E-state index contributed by atoms with van der Waals surface area (Å²) >= 11 is 0. The number of benzene rings is 1. The molecule has 0 saturated heterocycles. The van der Waals surface area contributed by atoms with Crippen LogP contribution in [-0.2, 0) is 4.79 Å². The van der Waals surface area contributed by atoms with Gasteiger partial charge in [0.25, 0.3) is 5.91 Å². The maximum Gasteiger partial charge on any atom is 0.254 e. The molecule has 3 N–H and O–H groups in total. The van der Waals surface area contributed by atoms with E-state index < -0.39 is 29.5 Å². The van der Waals surface area contributed by atoms with Gasteiger partial charge in [-0.3, -0.25) is 9.59 Å². The topological polar surface area (TPSA) is 72.2 Å². The van der Waals surface area contributed by atoms with E-state index >= 15 is 0 Å². The minimum atomic E-state index is -0.982. The molecule has 0 fully saturated rings. The molecular formula is C13H16F2N2O2. The van der Waals surface area contributed by atoms with Crippen LogP contribution < -0.4 is 11.1 Å². The van der Waals surface area contributed by atoms with Crippen molar-refractivity contribution in [2.75, 3.05) is 0 Å². The molecular weight excluding hydrogens is 254 g/mol. The van der Waals surface area contributed by atoms with Gasteiger partial charge in [0.15, 0.2) is 0 Å². The van der Waals surface area contributed by atoms with Gasteiger partial charge in [0, 0.05) is 6.07 Å². The molecule has 0 bridgehead atoms. The zero-order chi connectivity index (χ0) is 14.6. The van der Waals surface area contributed by atoms with Crippen molar-refractivity contribution < 1.29 is 18.4 Å². The van der Waals surface area contributed by atoms with Gasteiger partial charge in [-0.1, -0.05) is 20.3 Å². The van der Waals surface area contributed by atoms with Crippen LogP contribution in [0.3, 0.4) is 0 Å². The average Bonchev–Trinajstić information content (AvgIpc) is 2.34. The zero-order valence-corrected chi connectivity index (χ0v) is 10.7. The molecule has 0 unspecified atom stereocenters. The molecule has 1 aromatic carbocycles. The van der Waals surface area contributed by atoms with Gasteiger partial charge in [0.2, 0.25) is 5.91 Å². The molecule has 0 aliphatic rings. The fourth-order valence-corrected chi connectivity index (χ4v) is 1.62. The summed E-state index contributed by atoms with van der Waals surface area (Å²) in [7, 11) is 0. The number of primary amides is 1. The number of hydrogen-bond acceptors (Lipinski definition) is 2. The predicted octanol–water partition coefficient (Wildman–Crippen LogP) is 1.59. The lowest BCUT2D eigenvalue weighted by atomic mass is 9.98. The molecule has 19 heavy (non-hydrogen) atoms. The Bertz CT molecular complexity index is 492. The first-order valence-corrected chi connectivity index (χ1v) is 5.92. The van der Waals surface area contributed by atoms with Crippen molar-refractivity contribution >= 4 is 11.8 Å². The summed E-state index contributed by atoms with van der Waals surface area (Å²) in [6, 6.07) is 1.72. The monoisotopic (exact) mass is 270 g/mol. The van der Waals surface area contributed by atoms with E-state index in [1.807, 2.05) is 6.92 Å². The third kappa shape index (κ3) is 3.74. The van der Waals surface area contributed by atoms with Crippen LogP contribution in [0.1, 0.15) is 30.6 Å². The maximum atomic E-state index is 13.4. The number of nitrogens with two attached hydrogens (primary N) is 1. The molecule has 0 heterocycles. The second-order valence-corrected chi connectivity index (χ2v) is 4.36. The van der Waals surface area contributed by atoms with Gasteiger partial charge in [-0.05, 0) is 18.1 Å². The SMILES string of the molecule is CC[C@@H](C)[C@H](NC(=O)c1ccc(F)cc1F)C(N)=O. The lowest BCUT2D eigenvalue weighted by Crippen LogP contribution is -2.48. The van der Waals surface area contributed by atoms with Crippen molar-refractivity contribution in [3.05, 3.63) is 35.4 Å². The maximum absolute atomic E-state index is 13.4. The van der Waals surface area contributed by atoms with Crippen molar-refractivity contribution in [1.82, 2.24) is 5.32 Å². The Morgan fingerprint density at radius 2 is 2.00 bits per heavy atom. The highest BCUT2D eigenvalue weighted by atomic mass is 19.1. The Kier molecular flexibility index (Phi) is 4.97. The van der Waals surface area contributed by atoms with Gasteiger partial charge in [-0.25, -0.2) is 8.78 Å². The van der Waals surface area contributed by atoms with Crippen molar-refractivity contribution in [1.29, 1.82) is 0 Å². The summed E-state index contributed by atoms with van der Waals surface area (Å²) in [6.45, 7) is 3.59. The first-order chi connectivity index (χ1) is 8.86. The predicted molar refractivity (Wildman–Crippen MR) is 66.3 cm³/mol. The van der Waals surface area contributed by atoms with Crippen molar-refractivity contribution in [3.63, 3.8) is 0 Å². The van der Waals surface area contributed by atoms with Crippen LogP contribution in [-0.4, -0.2) is 17.9 Å². The zero-order valence-electron chi connectivity index (χ0n) is 10.7. The smallest absolute Gasteiger partial charge is 0.254 e. The Morgan fingerprint density at radius 3 is 2.47 bits per heavy atom. The summed E-state index contributed by atoms with van der Waals surface area (Å²) in [5.74, 6) is -3.41. The minimum absolute atomic E-state index is 0.176. The number of carbonyl (C=O) groups excluding carboxylic acids is 2. The molecule has 2 amide bonds. The molecule has 1 aromatic rings. The van der Waals surface area contributed by atoms with E-state index in [-0.39, 0.29) is 11.5 Å². The van der Waals surface area contributed by atoms with Gasteiger partial charge in [0.1, 0.15) is 17.7 Å². The van der Waals surface area contributed by atoms with Gasteiger partial charge < -0.3 is 11.1 Å². The molecule has 0 aliphatic carbocycles. The fraction of sp³-hybridized carbons (Fsp3) is 0.385. The van der Waals surface area contributed by atoms with E-state index in [4.69, 9.17) is 5.73 Å². The highest BCUT2D eigenvalue weighted by Gasteiger charge is 2.25. The quantitative estimate of drug-likeness (QED) is 0.853. The molecule has 0 aliphatic heterocycles. The van der Waals surface area contributed by atoms with E-state index in [0.717, 1.165) is 12.1 Å². The van der Waals surface area contributed by atoms with Crippen LogP contribution in [0.25, 0.3) is 0 Å². The summed E-state index contributed by atoms with van der Waals surface area (Å²) < 4.78 is 26.2. The molecule has 2 atom stereocenters. The second-order valence-electron chi connectivity index (χ2n) is 4.36. The normalized spacial score (nSPS) is 13.7. The summed E-state index contributed by atoms with van der Waals surface area (Å²) in [5, 5.41) is 2.37. The third-order valence-electron chi connectivity index (χ3n) is 2.98. The van der Waals surface area contributed by atoms with Gasteiger partial charge >= 0.3 is 0 Å². The van der Waals surface area contributed by atoms with Crippen LogP contribution in [0.2, 0.25) is 0 Å². The molecule has 0 aromatic heterocycles. The summed E-state index contributed by atoms with van der Waals surface area (Å²) in [6.07, 6.45) is 0.625. The molecule has 0 spiro atoms. The highest BCUT2D eigenvalue weighted by Crippen LogP contribution is 2.12. The molecule has 4 nitrogen and oxygen atoms in total. The number of nitrogens with one attached hydrogen (secondary N) is 1. The Labute approximate surface area is 110 Å². The van der Waals surface area contributed by atoms with Gasteiger partial charge in [-0.15, -0.1) is 0 Å². The number of carbonyl (C=O) groups is 2. The first kappa shape index (κ1) is 15.1. The standard InChI is InChI=1S/C13H16F2N2O2/c1-3-7(2)11(12(16)18)17-13(19)9-5-4-8(14)6-10(9)15/h4-7,11H,3H2,1-2H3,(H2,16,18)(H,17,19)/t7-,11+/m1/s1. The van der Waals surface area contributed by atoms with E-state index in [1.54, 1.807) is 6.92 Å². The second kappa shape index (κ2) is 6.26. The van der Waals surface area contributed by atoms with E-state index in [0.29, 0.717) is 12.5 Å². The van der Waals surface area contributed by atoms with Crippen molar-refractivity contribution in [2.24, 2.45) is 11.7 Å². The highest BCUT2D eigenvalue weighted by molar-refractivity contribution is 5.97. The largest absolute Gasteiger partial charge is 0.368 e. The molecule has 0 saturated carbocycles. The Morgan fingerprint density at radius 1 is 1.37 bits per heavy atom. The minimum Gasteiger partial charge on any atom is -0.368 e. The van der Waals surface area contributed by atoms with Crippen molar-refractivity contribution in [2.45, 2.75) is 26.3 Å². The number of hydrogen-bond donors (Lipinski definition) is 2. The van der Waals surface area contributed by atoms with Crippen LogP contribution in [0.5, 0.6) is 0 Å². The van der Waals surface area contributed by atoms with Crippen LogP contribution in [0, 0.1) is 17.6 Å². The third-order valence-corrected chi connectivity index (χ3v) is 2.98. The van der Waals surface area contributed by atoms with Crippen LogP contribution in [0.4, 0.5) is 8.78 Å².